The van der Waals surface area contributed by atoms with Crippen molar-refractivity contribution in [3.8, 4) is 0 Å². The van der Waals surface area contributed by atoms with Crippen LogP contribution in [0.5, 0.6) is 0 Å². The molecule has 82 valence electrons. The fraction of sp³-hybridized carbons (Fsp3) is 0.750. The Morgan fingerprint density at radius 3 is 2.53 bits per heavy atom. The highest BCUT2D eigenvalue weighted by molar-refractivity contribution is 7.12. The van der Waals surface area contributed by atoms with Gasteiger partial charge in [-0.05, 0) is 19.8 Å². The molecule has 0 unspecified atom stereocenters. The molecule has 1 saturated carbocycles. The van der Waals surface area contributed by atoms with Crippen LogP contribution in [0.15, 0.2) is 0 Å². The molecule has 2 fully saturated rings. The van der Waals surface area contributed by atoms with E-state index in [4.69, 9.17) is 4.98 Å². The summed E-state index contributed by atoms with van der Waals surface area (Å²) in [5.74, 6) is 1.55. The average molecular weight is 222 g/mol. The highest BCUT2D eigenvalue weighted by atomic mass is 32.1. The summed E-state index contributed by atoms with van der Waals surface area (Å²) in [7, 11) is 0. The van der Waals surface area contributed by atoms with Gasteiger partial charge in [0.05, 0.1) is 10.7 Å². The zero-order valence-electron chi connectivity index (χ0n) is 9.25. The molecule has 2 aliphatic rings. The average Bonchev–Trinajstić information content (AvgIpc) is 2.72. The minimum absolute atomic E-state index is 0.762. The highest BCUT2D eigenvalue weighted by Gasteiger charge is 2.27. The molecule has 15 heavy (non-hydrogen) atoms. The van der Waals surface area contributed by atoms with Gasteiger partial charge in [-0.25, -0.2) is 4.98 Å². The highest BCUT2D eigenvalue weighted by Crippen LogP contribution is 2.39. The molecule has 1 aromatic heterocycles. The maximum atomic E-state index is 4.79. The van der Waals surface area contributed by atoms with Crippen molar-refractivity contribution in [2.75, 3.05) is 13.1 Å². The summed E-state index contributed by atoms with van der Waals surface area (Å²) in [4.78, 5) is 6.34. The standard InChI is InChI=1S/C12H18N2S/c1-8-11(10-6-13-7-10)15-12(14-8)9-4-2-3-5-9/h9-10,13H,2-7H2,1H3. The second-order valence-corrected chi connectivity index (χ2v) is 5.90. The number of hydrogen-bond donors (Lipinski definition) is 1. The van der Waals surface area contributed by atoms with Gasteiger partial charge >= 0.3 is 0 Å². The van der Waals surface area contributed by atoms with Crippen molar-refractivity contribution in [2.24, 2.45) is 0 Å². The van der Waals surface area contributed by atoms with Crippen LogP contribution >= 0.6 is 11.3 Å². The zero-order chi connectivity index (χ0) is 10.3. The molecule has 0 spiro atoms. The first-order chi connectivity index (χ1) is 7.34. The molecule has 2 nitrogen and oxygen atoms in total. The predicted octanol–water partition coefficient (Wildman–Crippen LogP) is 2.80. The van der Waals surface area contributed by atoms with Gasteiger partial charge in [-0.1, -0.05) is 12.8 Å². The molecule has 1 aromatic rings. The van der Waals surface area contributed by atoms with Crippen LogP contribution < -0.4 is 5.32 Å². The molecule has 0 aromatic carbocycles. The van der Waals surface area contributed by atoms with Crippen LogP contribution in [-0.4, -0.2) is 18.1 Å². The van der Waals surface area contributed by atoms with Crippen molar-refractivity contribution in [3.63, 3.8) is 0 Å². The van der Waals surface area contributed by atoms with Gasteiger partial charge in [-0.3, -0.25) is 0 Å². The van der Waals surface area contributed by atoms with E-state index in [1.165, 1.54) is 36.4 Å². The monoisotopic (exact) mass is 222 g/mol. The number of hydrogen-bond acceptors (Lipinski definition) is 3. The summed E-state index contributed by atoms with van der Waals surface area (Å²) in [6, 6.07) is 0. The van der Waals surface area contributed by atoms with E-state index in [0.717, 1.165) is 24.9 Å². The topological polar surface area (TPSA) is 24.9 Å². The first-order valence-electron chi connectivity index (χ1n) is 6.02. The lowest BCUT2D eigenvalue weighted by molar-refractivity contribution is 0.452. The number of thiazole rings is 1. The van der Waals surface area contributed by atoms with E-state index in [-0.39, 0.29) is 0 Å². The Hall–Kier alpha value is -0.410. The Labute approximate surface area is 95.1 Å². The number of nitrogens with zero attached hydrogens (tertiary/aromatic N) is 1. The van der Waals surface area contributed by atoms with Gasteiger partial charge in [0.1, 0.15) is 0 Å². The van der Waals surface area contributed by atoms with Crippen LogP contribution in [0.2, 0.25) is 0 Å². The Kier molecular flexibility index (Phi) is 2.53. The van der Waals surface area contributed by atoms with Gasteiger partial charge in [0.15, 0.2) is 0 Å². The molecule has 2 heterocycles. The third kappa shape index (κ3) is 1.72. The molecule has 0 amide bonds. The number of nitrogens with one attached hydrogen (secondary N) is 1. The fourth-order valence-corrected chi connectivity index (χ4v) is 3.97. The minimum atomic E-state index is 0.762. The first kappa shape index (κ1) is 9.79. The van der Waals surface area contributed by atoms with Gasteiger partial charge in [-0.2, -0.15) is 0 Å². The van der Waals surface area contributed by atoms with Gasteiger partial charge < -0.3 is 5.32 Å². The molecular weight excluding hydrogens is 204 g/mol. The quantitative estimate of drug-likeness (QED) is 0.832. The fourth-order valence-electron chi connectivity index (χ4n) is 2.63. The minimum Gasteiger partial charge on any atom is -0.315 e. The van der Waals surface area contributed by atoms with Crippen LogP contribution in [0, 0.1) is 6.92 Å². The first-order valence-corrected chi connectivity index (χ1v) is 6.84. The Bertz CT molecular complexity index is 349. The molecule has 3 heteroatoms. The summed E-state index contributed by atoms with van der Waals surface area (Å²) < 4.78 is 0. The van der Waals surface area contributed by atoms with Gasteiger partial charge in [0.2, 0.25) is 0 Å². The second kappa shape index (κ2) is 3.87. The van der Waals surface area contributed by atoms with Gasteiger partial charge in [-0.15, -0.1) is 11.3 Å². The number of rotatable bonds is 2. The van der Waals surface area contributed by atoms with Gasteiger partial charge in [0, 0.05) is 29.8 Å². The van der Waals surface area contributed by atoms with E-state index in [0.29, 0.717) is 0 Å². The Morgan fingerprint density at radius 2 is 1.93 bits per heavy atom. The van der Waals surface area contributed by atoms with Crippen molar-refractivity contribution in [2.45, 2.75) is 44.4 Å². The van der Waals surface area contributed by atoms with Gasteiger partial charge in [0.25, 0.3) is 0 Å². The Morgan fingerprint density at radius 1 is 1.20 bits per heavy atom. The maximum Gasteiger partial charge on any atom is 0.0962 e. The SMILES string of the molecule is Cc1nc(C2CCCC2)sc1C1CNC1. The predicted molar refractivity (Wildman–Crippen MR) is 63.7 cm³/mol. The normalized spacial score (nSPS) is 23.3. The van der Waals surface area contributed by atoms with E-state index in [2.05, 4.69) is 12.2 Å². The van der Waals surface area contributed by atoms with Crippen molar-refractivity contribution in [1.82, 2.24) is 10.3 Å². The van der Waals surface area contributed by atoms with E-state index < -0.39 is 0 Å². The van der Waals surface area contributed by atoms with E-state index in [1.807, 2.05) is 11.3 Å². The summed E-state index contributed by atoms with van der Waals surface area (Å²) >= 11 is 1.99. The molecule has 0 bridgehead atoms. The summed E-state index contributed by atoms with van der Waals surface area (Å²) in [5, 5.41) is 4.77. The zero-order valence-corrected chi connectivity index (χ0v) is 10.1. The molecule has 0 atom stereocenters. The van der Waals surface area contributed by atoms with Crippen LogP contribution in [-0.2, 0) is 0 Å². The molecular formula is C12H18N2S. The molecule has 3 rings (SSSR count). The van der Waals surface area contributed by atoms with Crippen molar-refractivity contribution < 1.29 is 0 Å². The smallest absolute Gasteiger partial charge is 0.0962 e. The lowest BCUT2D eigenvalue weighted by Crippen LogP contribution is -2.39. The van der Waals surface area contributed by atoms with Crippen molar-refractivity contribution >= 4 is 11.3 Å². The maximum absolute atomic E-state index is 4.79. The molecule has 1 aliphatic carbocycles. The lowest BCUT2D eigenvalue weighted by atomic mass is 10.0. The molecule has 1 aliphatic heterocycles. The number of aromatic nitrogens is 1. The van der Waals surface area contributed by atoms with Crippen LogP contribution in [0.25, 0.3) is 0 Å². The largest absolute Gasteiger partial charge is 0.315 e. The van der Waals surface area contributed by atoms with E-state index >= 15 is 0 Å². The summed E-state index contributed by atoms with van der Waals surface area (Å²) in [5.41, 5.74) is 1.30. The molecule has 1 N–H and O–H groups in total. The van der Waals surface area contributed by atoms with Crippen LogP contribution in [0.1, 0.15) is 53.1 Å². The Balaban J connectivity index is 1.83. The van der Waals surface area contributed by atoms with E-state index in [9.17, 15) is 0 Å². The van der Waals surface area contributed by atoms with Crippen LogP contribution in [0.4, 0.5) is 0 Å². The van der Waals surface area contributed by atoms with E-state index in [1.54, 1.807) is 4.88 Å². The second-order valence-electron chi connectivity index (χ2n) is 4.84. The molecule has 0 radical (unpaired) electrons. The van der Waals surface area contributed by atoms with Crippen LogP contribution in [0.3, 0.4) is 0 Å². The summed E-state index contributed by atoms with van der Waals surface area (Å²) in [6.07, 6.45) is 5.55. The number of aryl methyl sites for hydroxylation is 1. The lowest BCUT2D eigenvalue weighted by Gasteiger charge is -2.26. The van der Waals surface area contributed by atoms with Crippen molar-refractivity contribution in [3.05, 3.63) is 15.6 Å². The third-order valence-electron chi connectivity index (χ3n) is 3.71. The molecule has 1 saturated heterocycles. The van der Waals surface area contributed by atoms with Crippen molar-refractivity contribution in [1.29, 1.82) is 0 Å². The summed E-state index contributed by atoms with van der Waals surface area (Å²) in [6.45, 7) is 4.50. The third-order valence-corrected chi connectivity index (χ3v) is 5.19.